The van der Waals surface area contributed by atoms with Gasteiger partial charge in [0.1, 0.15) is 23.4 Å². The normalized spacial score (nSPS) is 15.7. The Morgan fingerprint density at radius 3 is 2.78 bits per heavy atom. The average Bonchev–Trinajstić information content (AvgIpc) is 2.83. The summed E-state index contributed by atoms with van der Waals surface area (Å²) in [5.41, 5.74) is 1.69. The van der Waals surface area contributed by atoms with E-state index in [2.05, 4.69) is 26.8 Å². The van der Waals surface area contributed by atoms with Gasteiger partial charge in [-0.1, -0.05) is 6.92 Å². The lowest BCUT2D eigenvalue weighted by molar-refractivity contribution is -0.156. The first-order chi connectivity index (χ1) is 10.9. The van der Waals surface area contributed by atoms with E-state index in [9.17, 15) is 4.79 Å². The topological polar surface area (TPSA) is 71.1 Å². The highest BCUT2D eigenvalue weighted by molar-refractivity contribution is 5.91. The summed E-state index contributed by atoms with van der Waals surface area (Å²) in [6, 6.07) is 0. The lowest BCUT2D eigenvalue weighted by Crippen LogP contribution is -2.48. The number of nitrogens with zero attached hydrogens (tertiary/aromatic N) is 3. The van der Waals surface area contributed by atoms with Crippen LogP contribution in [-0.2, 0) is 16.0 Å². The minimum absolute atomic E-state index is 0.120. The van der Waals surface area contributed by atoms with E-state index < -0.39 is 5.60 Å². The largest absolute Gasteiger partial charge is 0.460 e. The Morgan fingerprint density at radius 1 is 1.39 bits per heavy atom. The monoisotopic (exact) mass is 316 g/mol. The van der Waals surface area contributed by atoms with E-state index in [0.717, 1.165) is 36.4 Å². The van der Waals surface area contributed by atoms with Crippen molar-refractivity contribution in [2.24, 2.45) is 5.92 Å². The minimum Gasteiger partial charge on any atom is -0.460 e. The number of esters is 1. The van der Waals surface area contributed by atoms with Crippen LogP contribution in [-0.4, -0.2) is 39.6 Å². The van der Waals surface area contributed by atoms with Gasteiger partial charge in [-0.25, -0.2) is 9.97 Å². The Labute approximate surface area is 136 Å². The highest BCUT2D eigenvalue weighted by atomic mass is 16.6. The van der Waals surface area contributed by atoms with Crippen molar-refractivity contribution in [3.63, 3.8) is 0 Å². The van der Waals surface area contributed by atoms with Gasteiger partial charge in [0.15, 0.2) is 0 Å². The van der Waals surface area contributed by atoms with E-state index in [1.54, 1.807) is 6.33 Å². The van der Waals surface area contributed by atoms with Crippen LogP contribution >= 0.6 is 0 Å². The van der Waals surface area contributed by atoms with Crippen LogP contribution in [0.1, 0.15) is 39.7 Å². The molecule has 1 saturated heterocycles. The third-order valence-corrected chi connectivity index (χ3v) is 4.04. The molecule has 3 rings (SSSR count). The van der Waals surface area contributed by atoms with Crippen LogP contribution in [0.4, 0.5) is 5.82 Å². The molecule has 1 aliphatic heterocycles. The average molecular weight is 316 g/mol. The van der Waals surface area contributed by atoms with Gasteiger partial charge in [0.05, 0.1) is 11.8 Å². The zero-order valence-corrected chi connectivity index (χ0v) is 14.2. The summed E-state index contributed by atoms with van der Waals surface area (Å²) in [5.74, 6) is 1.18. The van der Waals surface area contributed by atoms with Crippen LogP contribution < -0.4 is 4.90 Å². The fourth-order valence-electron chi connectivity index (χ4n) is 3.02. The molecule has 2 aromatic heterocycles. The number of hydrogen-bond acceptors (Lipinski definition) is 5. The van der Waals surface area contributed by atoms with Crippen LogP contribution in [0.5, 0.6) is 0 Å². The smallest absolute Gasteiger partial charge is 0.306 e. The molecule has 0 aliphatic carbocycles. The summed E-state index contributed by atoms with van der Waals surface area (Å²) in [5, 5.41) is 1.10. The number of carbonyl (C=O) groups is 1. The molecule has 0 bridgehead atoms. The Bertz CT molecular complexity index is 711. The molecule has 0 aromatic carbocycles. The predicted octanol–water partition coefficient (Wildman–Crippen LogP) is 2.69. The Hall–Kier alpha value is -2.11. The maximum atomic E-state index is 11.9. The second-order valence-electron chi connectivity index (χ2n) is 7.15. The number of aryl methyl sites for hydroxylation is 1. The highest BCUT2D eigenvalue weighted by Gasteiger charge is 2.32. The van der Waals surface area contributed by atoms with Gasteiger partial charge in [-0.3, -0.25) is 4.79 Å². The van der Waals surface area contributed by atoms with Gasteiger partial charge in [-0.05, 0) is 32.8 Å². The summed E-state index contributed by atoms with van der Waals surface area (Å²) >= 11 is 0. The van der Waals surface area contributed by atoms with Gasteiger partial charge in [0.25, 0.3) is 0 Å². The molecule has 6 heteroatoms. The fourth-order valence-corrected chi connectivity index (χ4v) is 3.02. The molecule has 2 aromatic rings. The number of nitrogens with one attached hydrogen (secondary N) is 1. The van der Waals surface area contributed by atoms with Crippen LogP contribution in [0.2, 0.25) is 0 Å². The molecule has 23 heavy (non-hydrogen) atoms. The predicted molar refractivity (Wildman–Crippen MR) is 89.4 cm³/mol. The SMILES string of the molecule is CCc1c[nH]c2ncnc(N3CC(CC(=O)OC(C)(C)C)C3)c12. The van der Waals surface area contributed by atoms with Crippen molar-refractivity contribution in [2.75, 3.05) is 18.0 Å². The van der Waals surface area contributed by atoms with E-state index in [4.69, 9.17) is 4.74 Å². The zero-order chi connectivity index (χ0) is 16.6. The Balaban J connectivity index is 1.66. The summed E-state index contributed by atoms with van der Waals surface area (Å²) < 4.78 is 5.39. The summed E-state index contributed by atoms with van der Waals surface area (Å²) in [4.78, 5) is 26.1. The fraction of sp³-hybridized carbons (Fsp3) is 0.588. The first kappa shape index (κ1) is 15.8. The number of carbonyl (C=O) groups excluding carboxylic acids is 1. The third kappa shape index (κ3) is 3.30. The van der Waals surface area contributed by atoms with Crippen molar-refractivity contribution in [2.45, 2.75) is 46.1 Å². The number of hydrogen-bond donors (Lipinski definition) is 1. The number of aromatic amines is 1. The highest BCUT2D eigenvalue weighted by Crippen LogP contribution is 2.32. The third-order valence-electron chi connectivity index (χ3n) is 4.04. The molecule has 3 heterocycles. The quantitative estimate of drug-likeness (QED) is 0.878. The molecule has 0 unspecified atom stereocenters. The zero-order valence-electron chi connectivity index (χ0n) is 14.2. The van der Waals surface area contributed by atoms with Crippen molar-refractivity contribution in [1.29, 1.82) is 0 Å². The molecule has 1 fully saturated rings. The Kier molecular flexibility index (Phi) is 4.00. The number of fused-ring (bicyclic) bond motifs is 1. The van der Waals surface area contributed by atoms with Crippen molar-refractivity contribution in [3.05, 3.63) is 18.1 Å². The molecular weight excluding hydrogens is 292 g/mol. The van der Waals surface area contributed by atoms with E-state index in [-0.39, 0.29) is 5.97 Å². The molecule has 6 nitrogen and oxygen atoms in total. The first-order valence-electron chi connectivity index (χ1n) is 8.15. The second-order valence-corrected chi connectivity index (χ2v) is 7.15. The molecule has 0 radical (unpaired) electrons. The summed E-state index contributed by atoms with van der Waals surface area (Å²) in [6.07, 6.45) is 5.00. The lowest BCUT2D eigenvalue weighted by atomic mass is 9.95. The molecule has 0 spiro atoms. The molecule has 0 saturated carbocycles. The standard InChI is InChI=1S/C17H24N4O2/c1-5-12-7-18-15-14(12)16(20-10-19-15)21-8-11(9-21)6-13(22)23-17(2,3)4/h7,10-11H,5-6,8-9H2,1-4H3,(H,18,19,20). The molecule has 1 N–H and O–H groups in total. The van der Waals surface area contributed by atoms with Gasteiger partial charge < -0.3 is 14.6 Å². The summed E-state index contributed by atoms with van der Waals surface area (Å²) in [6.45, 7) is 9.48. The van der Waals surface area contributed by atoms with Crippen molar-refractivity contribution in [3.8, 4) is 0 Å². The van der Waals surface area contributed by atoms with Gasteiger partial charge in [-0.15, -0.1) is 0 Å². The Morgan fingerprint density at radius 2 is 2.13 bits per heavy atom. The van der Waals surface area contributed by atoms with Gasteiger partial charge in [-0.2, -0.15) is 0 Å². The van der Waals surface area contributed by atoms with Gasteiger partial charge in [0.2, 0.25) is 0 Å². The minimum atomic E-state index is -0.416. The second kappa shape index (κ2) is 5.83. The number of H-pyrrole nitrogens is 1. The maximum Gasteiger partial charge on any atom is 0.306 e. The summed E-state index contributed by atoms with van der Waals surface area (Å²) in [7, 11) is 0. The van der Waals surface area contributed by atoms with E-state index in [1.165, 1.54) is 5.56 Å². The van der Waals surface area contributed by atoms with Crippen LogP contribution in [0.25, 0.3) is 11.0 Å². The van der Waals surface area contributed by atoms with E-state index in [0.29, 0.717) is 12.3 Å². The number of anilines is 1. The van der Waals surface area contributed by atoms with Crippen molar-refractivity contribution in [1.82, 2.24) is 15.0 Å². The molecule has 124 valence electrons. The number of aromatic nitrogens is 3. The number of rotatable bonds is 4. The van der Waals surface area contributed by atoms with Crippen molar-refractivity contribution < 1.29 is 9.53 Å². The lowest BCUT2D eigenvalue weighted by Gasteiger charge is -2.40. The van der Waals surface area contributed by atoms with E-state index >= 15 is 0 Å². The molecule has 1 aliphatic rings. The van der Waals surface area contributed by atoms with Gasteiger partial charge >= 0.3 is 5.97 Å². The maximum absolute atomic E-state index is 11.9. The van der Waals surface area contributed by atoms with Crippen LogP contribution in [0.3, 0.4) is 0 Å². The molecular formula is C17H24N4O2. The van der Waals surface area contributed by atoms with Gasteiger partial charge in [0, 0.05) is 25.2 Å². The van der Waals surface area contributed by atoms with Crippen molar-refractivity contribution >= 4 is 22.8 Å². The molecule has 0 atom stereocenters. The van der Waals surface area contributed by atoms with Crippen LogP contribution in [0, 0.1) is 5.92 Å². The van der Waals surface area contributed by atoms with Crippen LogP contribution in [0.15, 0.2) is 12.5 Å². The first-order valence-corrected chi connectivity index (χ1v) is 8.15. The molecule has 0 amide bonds. The number of ether oxygens (including phenoxy) is 1. The van der Waals surface area contributed by atoms with E-state index in [1.807, 2.05) is 27.0 Å².